The van der Waals surface area contributed by atoms with Crippen LogP contribution in [0.25, 0.3) is 0 Å². The van der Waals surface area contributed by atoms with Crippen LogP contribution in [0.3, 0.4) is 0 Å². The monoisotopic (exact) mass is 420 g/mol. The maximum atomic E-state index is 13.8. The van der Waals surface area contributed by atoms with Gasteiger partial charge in [-0.3, -0.25) is 4.79 Å². The lowest BCUT2D eigenvalue weighted by atomic mass is 9.88. The number of hydrogen-bond acceptors (Lipinski definition) is 4. The molecule has 1 amide bonds. The first-order chi connectivity index (χ1) is 13.7. The van der Waals surface area contributed by atoms with Crippen LogP contribution in [0.1, 0.15) is 25.3 Å². The summed E-state index contributed by atoms with van der Waals surface area (Å²) >= 11 is 0. The van der Waals surface area contributed by atoms with E-state index >= 15 is 0 Å². The van der Waals surface area contributed by atoms with Crippen LogP contribution in [0.15, 0.2) is 53.4 Å². The lowest BCUT2D eigenvalue weighted by Gasteiger charge is -2.19. The van der Waals surface area contributed by atoms with E-state index in [1.807, 2.05) is 13.8 Å². The van der Waals surface area contributed by atoms with Crippen LogP contribution < -0.4 is 10.1 Å². The molecular formula is C21H25FN2O4S. The summed E-state index contributed by atoms with van der Waals surface area (Å²) in [5, 5.41) is 2.86. The molecule has 1 heterocycles. The molecule has 1 saturated heterocycles. The summed E-state index contributed by atoms with van der Waals surface area (Å²) in [5.74, 6) is -1.13. The zero-order valence-corrected chi connectivity index (χ0v) is 17.4. The number of nitrogens with one attached hydrogen (secondary N) is 1. The molecule has 0 bridgehead atoms. The third kappa shape index (κ3) is 4.59. The molecule has 1 aliphatic rings. The smallest absolute Gasteiger partial charge is 0.243 e. The molecule has 2 atom stereocenters. The van der Waals surface area contributed by atoms with Gasteiger partial charge in [-0.25, -0.2) is 12.8 Å². The zero-order chi connectivity index (χ0) is 21.2. The van der Waals surface area contributed by atoms with Crippen molar-refractivity contribution in [3.63, 3.8) is 0 Å². The van der Waals surface area contributed by atoms with Crippen LogP contribution in [0, 0.1) is 11.7 Å². The van der Waals surface area contributed by atoms with Crippen molar-refractivity contribution < 1.29 is 22.3 Å². The van der Waals surface area contributed by atoms with Crippen molar-refractivity contribution in [3.8, 4) is 5.75 Å². The van der Waals surface area contributed by atoms with Gasteiger partial charge in [0.05, 0.1) is 17.9 Å². The molecule has 2 aromatic carbocycles. The van der Waals surface area contributed by atoms with Crippen molar-refractivity contribution in [1.29, 1.82) is 0 Å². The summed E-state index contributed by atoms with van der Waals surface area (Å²) in [6.45, 7) is 3.83. The van der Waals surface area contributed by atoms with Gasteiger partial charge in [0.15, 0.2) is 0 Å². The Balaban J connectivity index is 1.93. The Hall–Kier alpha value is -2.45. The SMILES string of the molecule is COc1ccc(S(=O)(=O)N2C[C@H](C(=O)NC(C)C)[C@H](c3cccc(F)c3)C2)cc1. The third-order valence-electron chi connectivity index (χ3n) is 5.03. The first-order valence-corrected chi connectivity index (χ1v) is 10.9. The summed E-state index contributed by atoms with van der Waals surface area (Å²) < 4.78 is 46.5. The van der Waals surface area contributed by atoms with E-state index in [-0.39, 0.29) is 29.9 Å². The maximum absolute atomic E-state index is 13.8. The maximum Gasteiger partial charge on any atom is 0.243 e. The minimum atomic E-state index is -3.81. The van der Waals surface area contributed by atoms with Crippen LogP contribution in [0.2, 0.25) is 0 Å². The topological polar surface area (TPSA) is 75.7 Å². The number of hydrogen-bond donors (Lipinski definition) is 1. The molecule has 0 unspecified atom stereocenters. The molecule has 0 aliphatic carbocycles. The normalized spacial score (nSPS) is 20.0. The number of ether oxygens (including phenoxy) is 1. The first kappa shape index (κ1) is 21.3. The Labute approximate surface area is 170 Å². The largest absolute Gasteiger partial charge is 0.497 e. The van der Waals surface area contributed by atoms with Gasteiger partial charge in [0.1, 0.15) is 11.6 Å². The number of benzene rings is 2. The van der Waals surface area contributed by atoms with Crippen LogP contribution in [-0.2, 0) is 14.8 Å². The van der Waals surface area contributed by atoms with Gasteiger partial charge in [0.2, 0.25) is 15.9 Å². The predicted molar refractivity (Wildman–Crippen MR) is 108 cm³/mol. The molecule has 2 aromatic rings. The van der Waals surface area contributed by atoms with Crippen LogP contribution >= 0.6 is 0 Å². The highest BCUT2D eigenvalue weighted by atomic mass is 32.2. The molecule has 0 saturated carbocycles. The van der Waals surface area contributed by atoms with Crippen molar-refractivity contribution in [2.24, 2.45) is 5.92 Å². The van der Waals surface area contributed by atoms with E-state index in [1.54, 1.807) is 24.3 Å². The fourth-order valence-corrected chi connectivity index (χ4v) is 5.08. The fraction of sp³-hybridized carbons (Fsp3) is 0.381. The molecule has 1 aliphatic heterocycles. The summed E-state index contributed by atoms with van der Waals surface area (Å²) in [4.78, 5) is 12.9. The van der Waals surface area contributed by atoms with Gasteiger partial charge in [0, 0.05) is 25.0 Å². The number of methoxy groups -OCH3 is 1. The number of amides is 1. The van der Waals surface area contributed by atoms with E-state index in [2.05, 4.69) is 5.32 Å². The Morgan fingerprint density at radius 2 is 1.86 bits per heavy atom. The fourth-order valence-electron chi connectivity index (χ4n) is 3.59. The molecule has 0 radical (unpaired) electrons. The average Bonchev–Trinajstić information content (AvgIpc) is 3.14. The average molecular weight is 421 g/mol. The van der Waals surface area contributed by atoms with Crippen molar-refractivity contribution in [2.45, 2.75) is 30.7 Å². The van der Waals surface area contributed by atoms with E-state index < -0.39 is 27.7 Å². The minimum absolute atomic E-state index is 0.0358. The highest BCUT2D eigenvalue weighted by Crippen LogP contribution is 2.36. The second-order valence-corrected chi connectivity index (χ2v) is 9.37. The van der Waals surface area contributed by atoms with E-state index in [4.69, 9.17) is 4.74 Å². The molecule has 1 N–H and O–H groups in total. The van der Waals surface area contributed by atoms with E-state index in [1.165, 1.54) is 35.7 Å². The second kappa shape index (κ2) is 8.51. The predicted octanol–water partition coefficient (Wildman–Crippen LogP) is 2.76. The Bertz CT molecular complexity index is 976. The highest BCUT2D eigenvalue weighted by Gasteiger charge is 2.43. The molecule has 0 spiro atoms. The van der Waals surface area contributed by atoms with Crippen LogP contribution in [0.5, 0.6) is 5.75 Å². The third-order valence-corrected chi connectivity index (χ3v) is 6.87. The Kier molecular flexibility index (Phi) is 6.24. The first-order valence-electron chi connectivity index (χ1n) is 9.42. The Morgan fingerprint density at radius 3 is 2.45 bits per heavy atom. The highest BCUT2D eigenvalue weighted by molar-refractivity contribution is 7.89. The minimum Gasteiger partial charge on any atom is -0.497 e. The summed E-state index contributed by atoms with van der Waals surface area (Å²) in [5.41, 5.74) is 0.612. The Morgan fingerprint density at radius 1 is 1.17 bits per heavy atom. The molecule has 8 heteroatoms. The lowest BCUT2D eigenvalue weighted by molar-refractivity contribution is -0.125. The molecule has 1 fully saturated rings. The van der Waals surface area contributed by atoms with Crippen molar-refractivity contribution in [2.75, 3.05) is 20.2 Å². The number of carbonyl (C=O) groups excluding carboxylic acids is 1. The second-order valence-electron chi connectivity index (χ2n) is 7.43. The summed E-state index contributed by atoms with van der Waals surface area (Å²) in [6, 6.07) is 12.0. The quantitative estimate of drug-likeness (QED) is 0.780. The van der Waals surface area contributed by atoms with Crippen LogP contribution in [-0.4, -0.2) is 44.9 Å². The van der Waals surface area contributed by atoms with Gasteiger partial charge >= 0.3 is 0 Å². The van der Waals surface area contributed by atoms with E-state index in [9.17, 15) is 17.6 Å². The summed E-state index contributed by atoms with van der Waals surface area (Å²) in [6.07, 6.45) is 0. The van der Waals surface area contributed by atoms with Gasteiger partial charge in [-0.1, -0.05) is 12.1 Å². The molecule has 3 rings (SSSR count). The molecular weight excluding hydrogens is 395 g/mol. The van der Waals surface area contributed by atoms with Gasteiger partial charge in [0.25, 0.3) is 0 Å². The van der Waals surface area contributed by atoms with Gasteiger partial charge in [-0.05, 0) is 55.8 Å². The number of halogens is 1. The van der Waals surface area contributed by atoms with E-state index in [0.717, 1.165) is 0 Å². The van der Waals surface area contributed by atoms with Crippen molar-refractivity contribution in [1.82, 2.24) is 9.62 Å². The summed E-state index contributed by atoms with van der Waals surface area (Å²) in [7, 11) is -2.30. The van der Waals surface area contributed by atoms with E-state index in [0.29, 0.717) is 11.3 Å². The van der Waals surface area contributed by atoms with Crippen molar-refractivity contribution >= 4 is 15.9 Å². The molecule has 29 heavy (non-hydrogen) atoms. The van der Waals surface area contributed by atoms with Gasteiger partial charge < -0.3 is 10.1 Å². The van der Waals surface area contributed by atoms with Crippen LogP contribution in [0.4, 0.5) is 4.39 Å². The number of nitrogens with zero attached hydrogens (tertiary/aromatic N) is 1. The lowest BCUT2D eigenvalue weighted by Crippen LogP contribution is -2.39. The molecule has 0 aromatic heterocycles. The molecule has 156 valence electrons. The van der Waals surface area contributed by atoms with Gasteiger partial charge in [-0.2, -0.15) is 4.31 Å². The number of carbonyl (C=O) groups is 1. The standard InChI is InChI=1S/C21H25FN2O4S/c1-14(2)23-21(25)20-13-24(12-19(20)15-5-4-6-16(22)11-15)29(26,27)18-9-7-17(28-3)8-10-18/h4-11,14,19-20H,12-13H2,1-3H3,(H,23,25)/t19-,20-/m0/s1. The molecule has 6 nitrogen and oxygen atoms in total. The number of sulfonamides is 1. The van der Waals surface area contributed by atoms with Gasteiger partial charge in [-0.15, -0.1) is 0 Å². The number of rotatable bonds is 6. The zero-order valence-electron chi connectivity index (χ0n) is 16.6. The van der Waals surface area contributed by atoms with Crippen molar-refractivity contribution in [3.05, 3.63) is 59.9 Å².